The van der Waals surface area contributed by atoms with Gasteiger partial charge in [-0.05, 0) is 34.1 Å². The molecule has 0 unspecified atom stereocenters. The Morgan fingerprint density at radius 1 is 1.55 bits per heavy atom. The van der Waals surface area contributed by atoms with E-state index in [1.165, 1.54) is 0 Å². The minimum atomic E-state index is 1.03. The third-order valence-corrected chi connectivity index (χ3v) is 2.51. The molecule has 0 aliphatic rings. The quantitative estimate of drug-likeness (QED) is 0.653. The van der Waals surface area contributed by atoms with Crippen LogP contribution in [-0.2, 0) is 7.05 Å². The number of rotatable bonds is 0. The summed E-state index contributed by atoms with van der Waals surface area (Å²) in [5.74, 6) is 0. The van der Waals surface area contributed by atoms with E-state index in [0.29, 0.717) is 0 Å². The van der Waals surface area contributed by atoms with Gasteiger partial charge in [-0.3, -0.25) is 4.98 Å². The van der Waals surface area contributed by atoms with Crippen molar-refractivity contribution < 1.29 is 0 Å². The maximum absolute atomic E-state index is 4.21. The molecule has 0 aromatic carbocycles. The second kappa shape index (κ2) is 2.34. The molecule has 2 rings (SSSR count). The van der Waals surface area contributed by atoms with Crippen molar-refractivity contribution in [2.45, 2.75) is 0 Å². The molecule has 0 aliphatic carbocycles. The van der Waals surface area contributed by atoms with E-state index in [4.69, 9.17) is 0 Å². The third-order valence-electron chi connectivity index (χ3n) is 1.75. The second-order valence-corrected chi connectivity index (χ2v) is 3.25. The number of pyridine rings is 1. The van der Waals surface area contributed by atoms with Crippen molar-refractivity contribution in [1.82, 2.24) is 9.55 Å². The first-order chi connectivity index (χ1) is 5.29. The van der Waals surface area contributed by atoms with Crippen LogP contribution >= 0.6 is 15.9 Å². The molecule has 0 radical (unpaired) electrons. The lowest BCUT2D eigenvalue weighted by Gasteiger charge is -1.94. The van der Waals surface area contributed by atoms with Gasteiger partial charge in [0.1, 0.15) is 0 Å². The molecule has 2 aromatic rings. The van der Waals surface area contributed by atoms with Crippen molar-refractivity contribution in [1.29, 1.82) is 0 Å². The minimum Gasteiger partial charge on any atom is -0.337 e. The summed E-state index contributed by atoms with van der Waals surface area (Å²) in [7, 11) is 2.01. The Labute approximate surface area is 73.0 Å². The highest BCUT2D eigenvalue weighted by molar-refractivity contribution is 9.10. The Morgan fingerprint density at radius 3 is 3.09 bits per heavy atom. The Balaban J connectivity index is 2.92. The average molecular weight is 211 g/mol. The van der Waals surface area contributed by atoms with Gasteiger partial charge in [0.05, 0.1) is 15.6 Å². The number of hydrogen-bond acceptors (Lipinski definition) is 1. The molecular weight excluding hydrogens is 204 g/mol. The first-order valence-electron chi connectivity index (χ1n) is 3.35. The number of nitrogens with zero attached hydrogens (tertiary/aromatic N) is 2. The second-order valence-electron chi connectivity index (χ2n) is 2.43. The Hall–Kier alpha value is -0.830. The fourth-order valence-electron chi connectivity index (χ4n) is 1.13. The van der Waals surface area contributed by atoms with Crippen molar-refractivity contribution in [2.24, 2.45) is 7.05 Å². The fourth-order valence-corrected chi connectivity index (χ4v) is 1.54. The predicted octanol–water partition coefficient (Wildman–Crippen LogP) is 2.34. The van der Waals surface area contributed by atoms with Gasteiger partial charge in [0.25, 0.3) is 0 Å². The first kappa shape index (κ1) is 6.85. The highest BCUT2D eigenvalue weighted by Crippen LogP contribution is 2.19. The molecule has 11 heavy (non-hydrogen) atoms. The van der Waals surface area contributed by atoms with Crippen molar-refractivity contribution >= 4 is 27.0 Å². The molecule has 0 saturated heterocycles. The molecule has 0 saturated carbocycles. The molecule has 2 heterocycles. The van der Waals surface area contributed by atoms with Crippen molar-refractivity contribution in [3.8, 4) is 0 Å². The van der Waals surface area contributed by atoms with Crippen LogP contribution in [0.5, 0.6) is 0 Å². The molecule has 0 atom stereocenters. The summed E-state index contributed by atoms with van der Waals surface area (Å²) in [6.07, 6.45) is 1.80. The SMILES string of the molecule is Cn1c(Br)cc2ncccc21. The van der Waals surface area contributed by atoms with Gasteiger partial charge in [-0.15, -0.1) is 0 Å². The van der Waals surface area contributed by atoms with E-state index < -0.39 is 0 Å². The molecule has 0 fully saturated rings. The van der Waals surface area contributed by atoms with E-state index in [1.54, 1.807) is 6.20 Å². The molecule has 56 valence electrons. The van der Waals surface area contributed by atoms with Crippen LogP contribution in [0.1, 0.15) is 0 Å². The number of hydrogen-bond donors (Lipinski definition) is 0. The number of fused-ring (bicyclic) bond motifs is 1. The van der Waals surface area contributed by atoms with Crippen LogP contribution in [-0.4, -0.2) is 9.55 Å². The van der Waals surface area contributed by atoms with Gasteiger partial charge in [-0.1, -0.05) is 0 Å². The highest BCUT2D eigenvalue weighted by Gasteiger charge is 2.01. The monoisotopic (exact) mass is 210 g/mol. The van der Waals surface area contributed by atoms with Crippen LogP contribution in [0.25, 0.3) is 11.0 Å². The molecular formula is C8H7BrN2. The zero-order chi connectivity index (χ0) is 7.84. The Kier molecular flexibility index (Phi) is 1.46. The van der Waals surface area contributed by atoms with Crippen LogP contribution in [0.3, 0.4) is 0 Å². The maximum atomic E-state index is 4.21. The van der Waals surface area contributed by atoms with Gasteiger partial charge < -0.3 is 4.57 Å². The van der Waals surface area contributed by atoms with Gasteiger partial charge >= 0.3 is 0 Å². The molecule has 3 heteroatoms. The van der Waals surface area contributed by atoms with E-state index in [-0.39, 0.29) is 0 Å². The van der Waals surface area contributed by atoms with Crippen molar-refractivity contribution in [2.75, 3.05) is 0 Å². The highest BCUT2D eigenvalue weighted by atomic mass is 79.9. The molecule has 0 bridgehead atoms. The lowest BCUT2D eigenvalue weighted by molar-refractivity contribution is 0.940. The lowest BCUT2D eigenvalue weighted by Crippen LogP contribution is -1.85. The third kappa shape index (κ3) is 0.959. The van der Waals surface area contributed by atoms with Crippen LogP contribution in [0.4, 0.5) is 0 Å². The molecule has 0 N–H and O–H groups in total. The number of aryl methyl sites for hydroxylation is 1. The Bertz CT molecular complexity index is 392. The molecule has 2 aromatic heterocycles. The summed E-state index contributed by atoms with van der Waals surface area (Å²) in [5, 5.41) is 0. The fraction of sp³-hybridized carbons (Fsp3) is 0.125. The Morgan fingerprint density at radius 2 is 2.36 bits per heavy atom. The van der Waals surface area contributed by atoms with E-state index >= 15 is 0 Å². The summed E-state index contributed by atoms with van der Waals surface area (Å²) in [6.45, 7) is 0. The summed E-state index contributed by atoms with van der Waals surface area (Å²) in [6, 6.07) is 6.00. The van der Waals surface area contributed by atoms with Gasteiger partial charge in [-0.25, -0.2) is 0 Å². The average Bonchev–Trinajstić information content (AvgIpc) is 2.30. The maximum Gasteiger partial charge on any atom is 0.0892 e. The van der Waals surface area contributed by atoms with E-state index in [9.17, 15) is 0 Å². The first-order valence-corrected chi connectivity index (χ1v) is 4.14. The van der Waals surface area contributed by atoms with Crippen molar-refractivity contribution in [3.05, 3.63) is 29.0 Å². The minimum absolute atomic E-state index is 1.03. The van der Waals surface area contributed by atoms with Gasteiger partial charge in [0.15, 0.2) is 0 Å². The predicted molar refractivity (Wildman–Crippen MR) is 48.4 cm³/mol. The molecule has 2 nitrogen and oxygen atoms in total. The summed E-state index contributed by atoms with van der Waals surface area (Å²) >= 11 is 3.43. The largest absolute Gasteiger partial charge is 0.337 e. The molecule has 0 amide bonds. The lowest BCUT2D eigenvalue weighted by atomic mass is 10.4. The van der Waals surface area contributed by atoms with Crippen LogP contribution in [0.2, 0.25) is 0 Å². The normalized spacial score (nSPS) is 10.7. The number of aromatic nitrogens is 2. The topological polar surface area (TPSA) is 17.8 Å². The van der Waals surface area contributed by atoms with Gasteiger partial charge in [0.2, 0.25) is 0 Å². The number of halogens is 1. The summed E-state index contributed by atoms with van der Waals surface area (Å²) in [5.41, 5.74) is 2.18. The zero-order valence-electron chi connectivity index (χ0n) is 6.08. The van der Waals surface area contributed by atoms with E-state index in [0.717, 1.165) is 15.6 Å². The van der Waals surface area contributed by atoms with Crippen LogP contribution in [0.15, 0.2) is 29.0 Å². The van der Waals surface area contributed by atoms with Crippen LogP contribution in [0, 0.1) is 0 Å². The smallest absolute Gasteiger partial charge is 0.0892 e. The van der Waals surface area contributed by atoms with E-state index in [2.05, 4.69) is 25.5 Å². The summed E-state index contributed by atoms with van der Waals surface area (Å²) < 4.78 is 3.12. The molecule has 0 spiro atoms. The zero-order valence-corrected chi connectivity index (χ0v) is 7.67. The van der Waals surface area contributed by atoms with Gasteiger partial charge in [0, 0.05) is 13.2 Å². The van der Waals surface area contributed by atoms with Crippen LogP contribution < -0.4 is 0 Å². The van der Waals surface area contributed by atoms with Crippen molar-refractivity contribution in [3.63, 3.8) is 0 Å². The molecule has 0 aliphatic heterocycles. The van der Waals surface area contributed by atoms with Gasteiger partial charge in [-0.2, -0.15) is 0 Å². The summed E-state index contributed by atoms with van der Waals surface area (Å²) in [4.78, 5) is 4.21. The van der Waals surface area contributed by atoms with E-state index in [1.807, 2.05) is 25.2 Å². The standard InChI is InChI=1S/C8H7BrN2/c1-11-7-3-2-4-10-6(7)5-8(11)9/h2-5H,1H3.